The minimum absolute atomic E-state index is 0.158. The molecule has 146 valence electrons. The summed E-state index contributed by atoms with van der Waals surface area (Å²) >= 11 is 0. The van der Waals surface area contributed by atoms with Crippen LogP contribution in [0.4, 0.5) is 5.69 Å². The molecular weight excluding hydrogens is 374 g/mol. The van der Waals surface area contributed by atoms with Crippen LogP contribution in [0, 0.1) is 20.8 Å². The molecule has 1 N–H and O–H groups in total. The van der Waals surface area contributed by atoms with Crippen LogP contribution in [0.3, 0.4) is 0 Å². The number of fused-ring (bicyclic) bond motifs is 1. The molecule has 0 aliphatic heterocycles. The van der Waals surface area contributed by atoms with Crippen molar-refractivity contribution in [2.24, 2.45) is 0 Å². The van der Waals surface area contributed by atoms with Crippen LogP contribution >= 0.6 is 0 Å². The third-order valence-corrected chi connectivity index (χ3v) is 6.50. The number of anilines is 1. The second kappa shape index (κ2) is 7.69. The molecule has 1 heterocycles. The van der Waals surface area contributed by atoms with E-state index in [0.717, 1.165) is 32.1 Å². The molecule has 0 atom stereocenters. The zero-order valence-corrected chi connectivity index (χ0v) is 17.2. The van der Waals surface area contributed by atoms with Gasteiger partial charge in [-0.15, -0.1) is 0 Å². The minimum atomic E-state index is -3.84. The van der Waals surface area contributed by atoms with Gasteiger partial charge in [0, 0.05) is 35.9 Å². The number of carbonyl (C=O) groups is 1. The summed E-state index contributed by atoms with van der Waals surface area (Å²) in [6.45, 7) is 5.54. The zero-order valence-electron chi connectivity index (χ0n) is 16.4. The number of amides is 1. The van der Waals surface area contributed by atoms with Crippen LogP contribution in [0.1, 0.15) is 16.7 Å². The molecule has 1 amide bonds. The van der Waals surface area contributed by atoms with Crippen molar-refractivity contribution in [2.75, 3.05) is 18.9 Å². The van der Waals surface area contributed by atoms with Crippen LogP contribution in [-0.4, -0.2) is 37.2 Å². The maximum absolute atomic E-state index is 13.0. The highest BCUT2D eigenvalue weighted by atomic mass is 32.2. The van der Waals surface area contributed by atoms with E-state index in [1.54, 1.807) is 36.7 Å². The topological polar surface area (TPSA) is 79.4 Å². The fourth-order valence-corrected chi connectivity index (χ4v) is 4.67. The van der Waals surface area contributed by atoms with Gasteiger partial charge in [-0.05, 0) is 44.0 Å². The highest BCUT2D eigenvalue weighted by molar-refractivity contribution is 7.89. The van der Waals surface area contributed by atoms with Gasteiger partial charge in [0.2, 0.25) is 15.9 Å². The summed E-state index contributed by atoms with van der Waals surface area (Å²) < 4.78 is 27.1. The molecule has 0 aliphatic rings. The number of likely N-dealkylation sites (N-methyl/N-ethyl adjacent to an activating group) is 1. The number of aryl methyl sites for hydroxylation is 3. The van der Waals surface area contributed by atoms with Crippen molar-refractivity contribution in [1.29, 1.82) is 0 Å². The van der Waals surface area contributed by atoms with E-state index >= 15 is 0 Å². The van der Waals surface area contributed by atoms with Crippen molar-refractivity contribution in [3.8, 4) is 0 Å². The largest absolute Gasteiger partial charge is 0.324 e. The van der Waals surface area contributed by atoms with E-state index in [1.165, 1.54) is 7.05 Å². The summed E-state index contributed by atoms with van der Waals surface area (Å²) in [5, 5.41) is 4.15. The average molecular weight is 398 g/mol. The van der Waals surface area contributed by atoms with Crippen LogP contribution in [0.2, 0.25) is 0 Å². The summed E-state index contributed by atoms with van der Waals surface area (Å²) in [5.74, 6) is -0.386. The molecule has 28 heavy (non-hydrogen) atoms. The van der Waals surface area contributed by atoms with Gasteiger partial charge in [-0.25, -0.2) is 8.42 Å². The Morgan fingerprint density at radius 3 is 2.46 bits per heavy atom. The van der Waals surface area contributed by atoms with Crippen LogP contribution in [0.5, 0.6) is 0 Å². The van der Waals surface area contributed by atoms with Gasteiger partial charge in [0.1, 0.15) is 0 Å². The molecule has 7 heteroatoms. The lowest BCUT2D eigenvalue weighted by Crippen LogP contribution is -2.35. The maximum Gasteiger partial charge on any atom is 0.243 e. The number of nitrogens with one attached hydrogen (secondary N) is 1. The molecule has 0 spiro atoms. The van der Waals surface area contributed by atoms with E-state index in [1.807, 2.05) is 32.9 Å². The van der Waals surface area contributed by atoms with E-state index in [0.29, 0.717) is 5.39 Å². The number of pyridine rings is 1. The lowest BCUT2D eigenvalue weighted by molar-refractivity contribution is -0.116. The first-order valence-corrected chi connectivity index (χ1v) is 10.3. The Morgan fingerprint density at radius 2 is 1.79 bits per heavy atom. The summed E-state index contributed by atoms with van der Waals surface area (Å²) in [7, 11) is -2.43. The van der Waals surface area contributed by atoms with Gasteiger partial charge in [-0.2, -0.15) is 4.31 Å². The van der Waals surface area contributed by atoms with Gasteiger partial charge in [0.05, 0.1) is 11.4 Å². The molecule has 3 aromatic rings. The van der Waals surface area contributed by atoms with Gasteiger partial charge in [-0.1, -0.05) is 29.8 Å². The normalized spacial score (nSPS) is 11.8. The Bertz CT molecular complexity index is 1130. The summed E-state index contributed by atoms with van der Waals surface area (Å²) in [4.78, 5) is 16.7. The lowest BCUT2D eigenvalue weighted by Gasteiger charge is -2.19. The van der Waals surface area contributed by atoms with Crippen molar-refractivity contribution in [3.63, 3.8) is 0 Å². The number of hydrogen-bond donors (Lipinski definition) is 1. The van der Waals surface area contributed by atoms with E-state index in [-0.39, 0.29) is 17.3 Å². The fourth-order valence-electron chi connectivity index (χ4n) is 3.33. The Kier molecular flexibility index (Phi) is 5.49. The summed E-state index contributed by atoms with van der Waals surface area (Å²) in [6.07, 6.45) is 3.17. The molecular formula is C21H23N3O3S. The zero-order chi connectivity index (χ0) is 20.5. The van der Waals surface area contributed by atoms with Gasteiger partial charge in [0.25, 0.3) is 0 Å². The van der Waals surface area contributed by atoms with E-state index in [2.05, 4.69) is 10.3 Å². The van der Waals surface area contributed by atoms with Crippen LogP contribution in [0.15, 0.2) is 53.7 Å². The molecule has 0 saturated carbocycles. The molecule has 0 saturated heterocycles. The first kappa shape index (κ1) is 20.0. The van der Waals surface area contributed by atoms with E-state index < -0.39 is 10.0 Å². The second-order valence-corrected chi connectivity index (χ2v) is 8.95. The molecule has 0 fully saturated rings. The first-order valence-electron chi connectivity index (χ1n) is 8.87. The van der Waals surface area contributed by atoms with Crippen molar-refractivity contribution in [2.45, 2.75) is 25.7 Å². The van der Waals surface area contributed by atoms with Gasteiger partial charge in [0.15, 0.2) is 0 Å². The van der Waals surface area contributed by atoms with Crippen LogP contribution in [0.25, 0.3) is 10.8 Å². The quantitative estimate of drug-likeness (QED) is 0.715. The van der Waals surface area contributed by atoms with Gasteiger partial charge < -0.3 is 5.32 Å². The summed E-state index contributed by atoms with van der Waals surface area (Å²) in [5.41, 5.74) is 3.71. The monoisotopic (exact) mass is 397 g/mol. The predicted molar refractivity (Wildman–Crippen MR) is 111 cm³/mol. The van der Waals surface area contributed by atoms with Crippen molar-refractivity contribution < 1.29 is 13.2 Å². The number of nitrogens with zero attached hydrogens (tertiary/aromatic N) is 2. The lowest BCUT2D eigenvalue weighted by atomic mass is 10.1. The highest BCUT2D eigenvalue weighted by Crippen LogP contribution is 2.25. The Morgan fingerprint density at radius 1 is 1.11 bits per heavy atom. The third kappa shape index (κ3) is 3.90. The van der Waals surface area contributed by atoms with E-state index in [9.17, 15) is 13.2 Å². The SMILES string of the molecule is Cc1cc(C)c(NC(=O)CN(C)S(=O)(=O)c2cccc3cnccc23)c(C)c1. The molecule has 6 nitrogen and oxygen atoms in total. The highest BCUT2D eigenvalue weighted by Gasteiger charge is 2.25. The summed E-state index contributed by atoms with van der Waals surface area (Å²) in [6, 6.07) is 10.6. The molecule has 0 radical (unpaired) electrons. The first-order chi connectivity index (χ1) is 13.2. The van der Waals surface area contributed by atoms with Gasteiger partial charge >= 0.3 is 0 Å². The Hall–Kier alpha value is -2.77. The number of carbonyl (C=O) groups excluding carboxylic acids is 1. The maximum atomic E-state index is 13.0. The fraction of sp³-hybridized carbons (Fsp3) is 0.238. The van der Waals surface area contributed by atoms with Crippen LogP contribution < -0.4 is 5.32 Å². The smallest absolute Gasteiger partial charge is 0.243 e. The predicted octanol–water partition coefficient (Wildman–Crippen LogP) is 3.42. The van der Waals surface area contributed by atoms with Crippen molar-refractivity contribution in [1.82, 2.24) is 9.29 Å². The number of sulfonamides is 1. The Labute approximate surface area is 165 Å². The number of rotatable bonds is 5. The van der Waals surface area contributed by atoms with Crippen LogP contribution in [-0.2, 0) is 14.8 Å². The molecule has 0 bridgehead atoms. The third-order valence-electron chi connectivity index (χ3n) is 4.64. The minimum Gasteiger partial charge on any atom is -0.324 e. The number of aromatic nitrogens is 1. The number of benzene rings is 2. The Balaban J connectivity index is 1.84. The van der Waals surface area contributed by atoms with Gasteiger partial charge in [-0.3, -0.25) is 9.78 Å². The molecule has 2 aromatic carbocycles. The van der Waals surface area contributed by atoms with Crippen molar-refractivity contribution in [3.05, 3.63) is 65.5 Å². The van der Waals surface area contributed by atoms with Crippen molar-refractivity contribution >= 4 is 32.4 Å². The number of hydrogen-bond acceptors (Lipinski definition) is 4. The van der Waals surface area contributed by atoms with E-state index in [4.69, 9.17) is 0 Å². The standard InChI is InChI=1S/C21H23N3O3S/c1-14-10-15(2)21(16(3)11-14)23-20(25)13-24(4)28(26,27)19-7-5-6-17-12-22-9-8-18(17)19/h5-12H,13H2,1-4H3,(H,23,25). The molecule has 3 rings (SSSR count). The molecule has 0 aliphatic carbocycles. The molecule has 1 aromatic heterocycles. The molecule has 0 unspecified atom stereocenters. The second-order valence-electron chi connectivity index (χ2n) is 6.94. The average Bonchev–Trinajstić information content (AvgIpc) is 2.64.